The van der Waals surface area contributed by atoms with E-state index in [1.54, 1.807) is 48.2 Å². The van der Waals surface area contributed by atoms with E-state index in [9.17, 15) is 24.6 Å². The summed E-state index contributed by atoms with van der Waals surface area (Å²) in [6.45, 7) is 0. The van der Waals surface area contributed by atoms with Crippen LogP contribution in [0.4, 0.5) is 0 Å². The lowest BCUT2D eigenvalue weighted by Gasteiger charge is -2.22. The molecule has 0 aliphatic rings. The standard InChI is InChI=1S/C28H30N2O5S/c31-23-13-11-21(12-14-23)17-24(29-26(32)15-16-36-19-22-9-5-2-6-10-22)27(33)30-25(28(34)35)18-20-7-3-1-4-8-20/h1-14,24-25,31H,15-19H2,(H,29,32)(H,30,33)(H,34,35)/t24-,25-/m0/s1. The van der Waals surface area contributed by atoms with Crippen LogP contribution in [0.25, 0.3) is 0 Å². The molecule has 4 N–H and O–H groups in total. The van der Waals surface area contributed by atoms with Crippen molar-refractivity contribution in [2.45, 2.75) is 37.1 Å². The van der Waals surface area contributed by atoms with Gasteiger partial charge in [0.05, 0.1) is 0 Å². The van der Waals surface area contributed by atoms with Crippen molar-refractivity contribution in [3.63, 3.8) is 0 Å². The van der Waals surface area contributed by atoms with Crippen molar-refractivity contribution < 1.29 is 24.6 Å². The molecule has 2 atom stereocenters. The Morgan fingerprint density at radius 1 is 0.722 bits per heavy atom. The molecule has 0 aromatic heterocycles. The number of hydrogen-bond donors (Lipinski definition) is 4. The van der Waals surface area contributed by atoms with Crippen LogP contribution in [-0.2, 0) is 33.0 Å². The lowest BCUT2D eigenvalue weighted by atomic mass is 10.0. The minimum absolute atomic E-state index is 0.0908. The van der Waals surface area contributed by atoms with Crippen molar-refractivity contribution in [2.24, 2.45) is 0 Å². The molecule has 188 valence electrons. The molecular formula is C28H30N2O5S. The normalized spacial score (nSPS) is 12.3. The van der Waals surface area contributed by atoms with Crippen LogP contribution in [0, 0.1) is 0 Å². The SMILES string of the molecule is O=C(CCSCc1ccccc1)N[C@@H](Cc1ccc(O)cc1)C(=O)N[C@@H](Cc1ccccc1)C(=O)O. The fraction of sp³-hybridized carbons (Fsp3) is 0.250. The maximum absolute atomic E-state index is 13.1. The molecule has 0 unspecified atom stereocenters. The van der Waals surface area contributed by atoms with Gasteiger partial charge in [0, 0.05) is 30.8 Å². The Labute approximate surface area is 214 Å². The highest BCUT2D eigenvalue weighted by atomic mass is 32.2. The molecule has 0 fully saturated rings. The number of aromatic hydroxyl groups is 1. The maximum atomic E-state index is 13.1. The summed E-state index contributed by atoms with van der Waals surface area (Å²) in [6, 6.07) is 23.2. The van der Waals surface area contributed by atoms with Crippen molar-refractivity contribution in [1.29, 1.82) is 0 Å². The molecule has 7 nitrogen and oxygen atoms in total. The minimum atomic E-state index is -1.15. The molecule has 8 heteroatoms. The third-order valence-corrected chi connectivity index (χ3v) is 6.54. The monoisotopic (exact) mass is 506 g/mol. The second-order valence-corrected chi connectivity index (χ2v) is 9.47. The summed E-state index contributed by atoms with van der Waals surface area (Å²) >= 11 is 1.62. The van der Waals surface area contributed by atoms with Gasteiger partial charge in [-0.3, -0.25) is 9.59 Å². The molecule has 0 spiro atoms. The van der Waals surface area contributed by atoms with E-state index in [4.69, 9.17) is 0 Å². The van der Waals surface area contributed by atoms with E-state index in [2.05, 4.69) is 10.6 Å². The van der Waals surface area contributed by atoms with E-state index >= 15 is 0 Å². The fourth-order valence-electron chi connectivity index (χ4n) is 3.59. The van der Waals surface area contributed by atoms with Crippen LogP contribution in [0.2, 0.25) is 0 Å². The molecule has 0 saturated carbocycles. The summed E-state index contributed by atoms with van der Waals surface area (Å²) in [6.07, 6.45) is 0.508. The van der Waals surface area contributed by atoms with E-state index < -0.39 is 24.0 Å². The molecule has 0 aliphatic heterocycles. The predicted octanol–water partition coefficient (Wildman–Crippen LogP) is 3.56. The lowest BCUT2D eigenvalue weighted by molar-refractivity contribution is -0.142. The predicted molar refractivity (Wildman–Crippen MR) is 141 cm³/mol. The van der Waals surface area contributed by atoms with Crippen molar-refractivity contribution >= 4 is 29.5 Å². The first-order valence-electron chi connectivity index (χ1n) is 11.7. The fourth-order valence-corrected chi connectivity index (χ4v) is 4.50. The molecule has 0 heterocycles. The molecule has 3 aromatic carbocycles. The Morgan fingerprint density at radius 3 is 1.89 bits per heavy atom. The number of amides is 2. The van der Waals surface area contributed by atoms with Gasteiger partial charge >= 0.3 is 5.97 Å². The van der Waals surface area contributed by atoms with Gasteiger partial charge in [-0.1, -0.05) is 72.8 Å². The number of carbonyl (C=O) groups is 3. The van der Waals surface area contributed by atoms with Crippen LogP contribution >= 0.6 is 11.8 Å². The largest absolute Gasteiger partial charge is 0.508 e. The zero-order valence-corrected chi connectivity index (χ0v) is 20.6. The Balaban J connectivity index is 1.62. The second-order valence-electron chi connectivity index (χ2n) is 8.37. The molecule has 0 bridgehead atoms. The molecule has 0 aliphatic carbocycles. The van der Waals surface area contributed by atoms with Crippen molar-refractivity contribution in [1.82, 2.24) is 10.6 Å². The zero-order chi connectivity index (χ0) is 25.8. The molecule has 3 rings (SSSR count). The third-order valence-electron chi connectivity index (χ3n) is 5.51. The van der Waals surface area contributed by atoms with Gasteiger partial charge in [0.25, 0.3) is 0 Å². The summed E-state index contributed by atoms with van der Waals surface area (Å²) in [7, 11) is 0. The number of carboxylic acid groups (broad SMARTS) is 1. The van der Waals surface area contributed by atoms with E-state index in [-0.39, 0.29) is 30.9 Å². The lowest BCUT2D eigenvalue weighted by Crippen LogP contribution is -2.53. The number of carboxylic acids is 1. The quantitative estimate of drug-likeness (QED) is 0.264. The molecular weight excluding hydrogens is 476 g/mol. The van der Waals surface area contributed by atoms with Crippen LogP contribution in [0.3, 0.4) is 0 Å². The van der Waals surface area contributed by atoms with Gasteiger partial charge in [0.15, 0.2) is 0 Å². The van der Waals surface area contributed by atoms with Crippen LogP contribution in [-0.4, -0.2) is 45.8 Å². The molecule has 0 radical (unpaired) electrons. The summed E-state index contributed by atoms with van der Waals surface area (Å²) in [5.74, 6) is -0.556. The van der Waals surface area contributed by atoms with E-state index in [0.29, 0.717) is 5.75 Å². The van der Waals surface area contributed by atoms with E-state index in [1.165, 1.54) is 17.7 Å². The maximum Gasteiger partial charge on any atom is 0.326 e. The number of nitrogens with one attached hydrogen (secondary N) is 2. The van der Waals surface area contributed by atoms with Crippen LogP contribution in [0.15, 0.2) is 84.9 Å². The minimum Gasteiger partial charge on any atom is -0.508 e. The zero-order valence-electron chi connectivity index (χ0n) is 19.8. The van der Waals surface area contributed by atoms with Crippen molar-refractivity contribution in [3.05, 3.63) is 102 Å². The van der Waals surface area contributed by atoms with Gasteiger partial charge in [-0.15, -0.1) is 0 Å². The average Bonchev–Trinajstić information content (AvgIpc) is 2.88. The van der Waals surface area contributed by atoms with E-state index in [1.807, 2.05) is 36.4 Å². The third kappa shape index (κ3) is 9.11. The first-order chi connectivity index (χ1) is 17.4. The van der Waals surface area contributed by atoms with Crippen LogP contribution in [0.5, 0.6) is 5.75 Å². The van der Waals surface area contributed by atoms with Crippen LogP contribution < -0.4 is 10.6 Å². The number of thioether (sulfide) groups is 1. The number of aliphatic carboxylic acids is 1. The Morgan fingerprint density at radius 2 is 1.28 bits per heavy atom. The Bertz CT molecular complexity index is 1120. The summed E-state index contributed by atoms with van der Waals surface area (Å²) in [5.41, 5.74) is 2.67. The highest BCUT2D eigenvalue weighted by Gasteiger charge is 2.27. The number of carbonyl (C=O) groups excluding carboxylic acids is 2. The smallest absolute Gasteiger partial charge is 0.326 e. The summed E-state index contributed by atoms with van der Waals surface area (Å²) in [4.78, 5) is 37.6. The number of hydrogen-bond acceptors (Lipinski definition) is 5. The summed E-state index contributed by atoms with van der Waals surface area (Å²) < 4.78 is 0. The van der Waals surface area contributed by atoms with Crippen molar-refractivity contribution in [3.8, 4) is 5.75 Å². The second kappa shape index (κ2) is 13.9. The topological polar surface area (TPSA) is 116 Å². The molecule has 3 aromatic rings. The van der Waals surface area contributed by atoms with Gasteiger partial charge in [0.1, 0.15) is 17.8 Å². The van der Waals surface area contributed by atoms with Gasteiger partial charge in [-0.25, -0.2) is 4.79 Å². The Kier molecular flexibility index (Phi) is 10.4. The van der Waals surface area contributed by atoms with Gasteiger partial charge in [-0.2, -0.15) is 11.8 Å². The number of benzene rings is 3. The number of phenolic OH excluding ortho intramolecular Hbond substituents is 1. The molecule has 2 amide bonds. The number of rotatable bonds is 13. The number of phenols is 1. The van der Waals surface area contributed by atoms with E-state index in [0.717, 1.165) is 16.9 Å². The highest BCUT2D eigenvalue weighted by molar-refractivity contribution is 7.98. The average molecular weight is 507 g/mol. The molecule has 36 heavy (non-hydrogen) atoms. The highest BCUT2D eigenvalue weighted by Crippen LogP contribution is 2.14. The Hall–Kier alpha value is -3.78. The molecule has 0 saturated heterocycles. The van der Waals surface area contributed by atoms with Crippen molar-refractivity contribution in [2.75, 3.05) is 5.75 Å². The summed E-state index contributed by atoms with van der Waals surface area (Å²) in [5, 5.41) is 24.6. The van der Waals surface area contributed by atoms with Gasteiger partial charge < -0.3 is 20.8 Å². The van der Waals surface area contributed by atoms with Gasteiger partial charge in [0.2, 0.25) is 11.8 Å². The first kappa shape index (κ1) is 26.8. The van der Waals surface area contributed by atoms with Gasteiger partial charge in [-0.05, 0) is 28.8 Å². The first-order valence-corrected chi connectivity index (χ1v) is 12.8. The van der Waals surface area contributed by atoms with Crippen LogP contribution in [0.1, 0.15) is 23.1 Å².